The summed E-state index contributed by atoms with van der Waals surface area (Å²) in [5.41, 5.74) is 3.06. The molecule has 2 aromatic rings. The Bertz CT molecular complexity index is 588. The monoisotopic (exact) mass is 296 g/mol. The SMILES string of the molecule is CCOc1ccc(/N=N/c2ccc(C[C@@H](C)CC)cc2)cc1. The van der Waals surface area contributed by atoms with Crippen molar-refractivity contribution < 1.29 is 4.74 Å². The topological polar surface area (TPSA) is 34.0 Å². The molecular formula is C19H24N2O. The predicted octanol–water partition coefficient (Wildman–Crippen LogP) is 6.09. The van der Waals surface area contributed by atoms with Crippen LogP contribution in [0.25, 0.3) is 0 Å². The minimum absolute atomic E-state index is 0.670. The van der Waals surface area contributed by atoms with E-state index >= 15 is 0 Å². The standard InChI is InChI=1S/C19H24N2O/c1-4-15(3)14-16-6-8-17(9-7-16)20-21-18-10-12-19(13-11-18)22-5-2/h6-13,15H,4-5,14H2,1-3H3/b21-20+/t15-/m0/s1. The highest BCUT2D eigenvalue weighted by Gasteiger charge is 2.01. The lowest BCUT2D eigenvalue weighted by molar-refractivity contribution is 0.340. The van der Waals surface area contributed by atoms with E-state index in [2.05, 4.69) is 36.2 Å². The van der Waals surface area contributed by atoms with Crippen LogP contribution in [0.15, 0.2) is 58.8 Å². The first-order valence-electron chi connectivity index (χ1n) is 7.94. The van der Waals surface area contributed by atoms with Crippen molar-refractivity contribution in [3.8, 4) is 5.75 Å². The molecule has 0 aliphatic carbocycles. The van der Waals surface area contributed by atoms with Gasteiger partial charge in [0.05, 0.1) is 18.0 Å². The predicted molar refractivity (Wildman–Crippen MR) is 91.4 cm³/mol. The van der Waals surface area contributed by atoms with Crippen LogP contribution in [-0.2, 0) is 6.42 Å². The number of hydrogen-bond donors (Lipinski definition) is 0. The summed E-state index contributed by atoms with van der Waals surface area (Å²) >= 11 is 0. The van der Waals surface area contributed by atoms with Crippen LogP contribution < -0.4 is 4.74 Å². The van der Waals surface area contributed by atoms with Gasteiger partial charge in [-0.3, -0.25) is 0 Å². The Morgan fingerprint density at radius 3 is 1.91 bits per heavy atom. The second kappa shape index (κ2) is 8.32. The Labute approximate surface area is 133 Å². The highest BCUT2D eigenvalue weighted by Crippen LogP contribution is 2.22. The molecule has 1 atom stereocenters. The molecule has 0 aromatic heterocycles. The molecule has 3 nitrogen and oxygen atoms in total. The molecule has 0 aliphatic heterocycles. The molecule has 0 heterocycles. The van der Waals surface area contributed by atoms with Gasteiger partial charge in [-0.2, -0.15) is 10.2 Å². The van der Waals surface area contributed by atoms with Crippen molar-refractivity contribution in [1.29, 1.82) is 0 Å². The van der Waals surface area contributed by atoms with Gasteiger partial charge in [-0.25, -0.2) is 0 Å². The Kier molecular flexibility index (Phi) is 6.13. The van der Waals surface area contributed by atoms with Gasteiger partial charge >= 0.3 is 0 Å². The highest BCUT2D eigenvalue weighted by atomic mass is 16.5. The number of benzene rings is 2. The normalized spacial score (nSPS) is 12.5. The van der Waals surface area contributed by atoms with Crippen LogP contribution >= 0.6 is 0 Å². The second-order valence-corrected chi connectivity index (χ2v) is 5.51. The fourth-order valence-corrected chi connectivity index (χ4v) is 2.14. The maximum Gasteiger partial charge on any atom is 0.119 e. The first-order valence-corrected chi connectivity index (χ1v) is 7.94. The molecule has 22 heavy (non-hydrogen) atoms. The molecule has 0 fully saturated rings. The van der Waals surface area contributed by atoms with E-state index in [-0.39, 0.29) is 0 Å². The lowest BCUT2D eigenvalue weighted by Crippen LogP contribution is -1.96. The van der Waals surface area contributed by atoms with E-state index in [0.717, 1.165) is 29.5 Å². The van der Waals surface area contributed by atoms with Crippen molar-refractivity contribution in [1.82, 2.24) is 0 Å². The minimum Gasteiger partial charge on any atom is -0.494 e. The maximum absolute atomic E-state index is 5.41. The van der Waals surface area contributed by atoms with Crippen molar-refractivity contribution in [2.75, 3.05) is 6.61 Å². The molecule has 0 aliphatic rings. The van der Waals surface area contributed by atoms with Gasteiger partial charge in [0.1, 0.15) is 5.75 Å². The van der Waals surface area contributed by atoms with Gasteiger partial charge in [0.2, 0.25) is 0 Å². The molecule has 0 amide bonds. The van der Waals surface area contributed by atoms with Crippen LogP contribution in [0.3, 0.4) is 0 Å². The van der Waals surface area contributed by atoms with Gasteiger partial charge in [-0.05, 0) is 61.2 Å². The first kappa shape index (κ1) is 16.2. The van der Waals surface area contributed by atoms with Crippen molar-refractivity contribution in [3.05, 3.63) is 54.1 Å². The Morgan fingerprint density at radius 1 is 0.864 bits per heavy atom. The number of azo groups is 1. The molecule has 0 saturated carbocycles. The van der Waals surface area contributed by atoms with E-state index < -0.39 is 0 Å². The zero-order chi connectivity index (χ0) is 15.8. The molecular weight excluding hydrogens is 272 g/mol. The summed E-state index contributed by atoms with van der Waals surface area (Å²) in [6, 6.07) is 16.0. The van der Waals surface area contributed by atoms with Gasteiger partial charge in [-0.1, -0.05) is 32.4 Å². The fourth-order valence-electron chi connectivity index (χ4n) is 2.14. The Balaban J connectivity index is 1.97. The average molecular weight is 296 g/mol. The molecule has 0 N–H and O–H groups in total. The highest BCUT2D eigenvalue weighted by molar-refractivity contribution is 5.43. The first-order chi connectivity index (χ1) is 10.7. The number of hydrogen-bond acceptors (Lipinski definition) is 3. The van der Waals surface area contributed by atoms with E-state index in [1.807, 2.05) is 43.3 Å². The quantitative estimate of drug-likeness (QED) is 0.569. The zero-order valence-electron chi connectivity index (χ0n) is 13.6. The Morgan fingerprint density at radius 2 is 1.41 bits per heavy atom. The smallest absolute Gasteiger partial charge is 0.119 e. The third kappa shape index (κ3) is 4.99. The van der Waals surface area contributed by atoms with Crippen LogP contribution in [0.2, 0.25) is 0 Å². The third-order valence-corrected chi connectivity index (χ3v) is 3.65. The second-order valence-electron chi connectivity index (χ2n) is 5.51. The minimum atomic E-state index is 0.670. The lowest BCUT2D eigenvalue weighted by atomic mass is 9.99. The van der Waals surface area contributed by atoms with Gasteiger partial charge in [0, 0.05) is 0 Å². The molecule has 0 unspecified atom stereocenters. The summed E-state index contributed by atoms with van der Waals surface area (Å²) in [6.45, 7) is 7.14. The van der Waals surface area contributed by atoms with Crippen molar-refractivity contribution in [2.24, 2.45) is 16.1 Å². The fraction of sp³-hybridized carbons (Fsp3) is 0.368. The van der Waals surface area contributed by atoms with Gasteiger partial charge in [0.25, 0.3) is 0 Å². The largest absolute Gasteiger partial charge is 0.494 e. The molecule has 2 rings (SSSR count). The van der Waals surface area contributed by atoms with Crippen LogP contribution in [0.5, 0.6) is 5.75 Å². The summed E-state index contributed by atoms with van der Waals surface area (Å²) in [5, 5.41) is 8.53. The van der Waals surface area contributed by atoms with Crippen molar-refractivity contribution >= 4 is 11.4 Å². The summed E-state index contributed by atoms with van der Waals surface area (Å²) in [5.74, 6) is 1.58. The van der Waals surface area contributed by atoms with Crippen molar-refractivity contribution in [3.63, 3.8) is 0 Å². The Hall–Kier alpha value is -2.16. The van der Waals surface area contributed by atoms with Crippen LogP contribution in [0.1, 0.15) is 32.8 Å². The molecule has 2 aromatic carbocycles. The maximum atomic E-state index is 5.41. The van der Waals surface area contributed by atoms with Crippen LogP contribution in [-0.4, -0.2) is 6.61 Å². The molecule has 116 valence electrons. The number of ether oxygens (including phenoxy) is 1. The van der Waals surface area contributed by atoms with Gasteiger partial charge in [-0.15, -0.1) is 0 Å². The van der Waals surface area contributed by atoms with Crippen molar-refractivity contribution in [2.45, 2.75) is 33.6 Å². The molecule has 0 radical (unpaired) electrons. The van der Waals surface area contributed by atoms with E-state index in [1.165, 1.54) is 12.0 Å². The number of rotatable bonds is 7. The number of nitrogens with zero attached hydrogens (tertiary/aromatic N) is 2. The van der Waals surface area contributed by atoms with E-state index in [4.69, 9.17) is 4.74 Å². The molecule has 0 spiro atoms. The van der Waals surface area contributed by atoms with Crippen LogP contribution in [0, 0.1) is 5.92 Å². The summed E-state index contributed by atoms with van der Waals surface area (Å²) in [7, 11) is 0. The molecule has 0 bridgehead atoms. The van der Waals surface area contributed by atoms with Gasteiger partial charge < -0.3 is 4.74 Å². The van der Waals surface area contributed by atoms with Crippen LogP contribution in [0.4, 0.5) is 11.4 Å². The summed E-state index contributed by atoms with van der Waals surface area (Å²) < 4.78 is 5.41. The zero-order valence-corrected chi connectivity index (χ0v) is 13.6. The summed E-state index contributed by atoms with van der Waals surface area (Å²) in [4.78, 5) is 0. The van der Waals surface area contributed by atoms with E-state index in [9.17, 15) is 0 Å². The average Bonchev–Trinajstić information content (AvgIpc) is 2.56. The summed E-state index contributed by atoms with van der Waals surface area (Å²) in [6.07, 6.45) is 2.33. The van der Waals surface area contributed by atoms with E-state index in [0.29, 0.717) is 6.61 Å². The van der Waals surface area contributed by atoms with E-state index in [1.54, 1.807) is 0 Å². The molecule has 0 saturated heterocycles. The van der Waals surface area contributed by atoms with Gasteiger partial charge in [0.15, 0.2) is 0 Å². The lowest BCUT2D eigenvalue weighted by Gasteiger charge is -2.07. The molecule has 3 heteroatoms. The third-order valence-electron chi connectivity index (χ3n) is 3.65.